The van der Waals surface area contributed by atoms with E-state index >= 15 is 0 Å². The van der Waals surface area contributed by atoms with Gasteiger partial charge in [0.1, 0.15) is 11.5 Å². The lowest BCUT2D eigenvalue weighted by molar-refractivity contribution is -0.138. The van der Waals surface area contributed by atoms with Crippen LogP contribution < -0.4 is 4.72 Å². The van der Waals surface area contributed by atoms with Crippen LogP contribution >= 0.6 is 0 Å². The molecule has 2 fully saturated rings. The standard InChI is InChI=1S/C21H27NO5S/c1-4-27-19(24)17(12-15-8-6-5-7-9-15)22-28(25,26)14-21-11-10-16(13-18(21)23)20(21,2)3/h5-9,12,16,22H,4,10-11,13-14H2,1-3H3/b17-12-. The maximum atomic E-state index is 13.0. The molecule has 2 aliphatic rings. The van der Waals surface area contributed by atoms with Gasteiger partial charge in [-0.3, -0.25) is 9.52 Å². The highest BCUT2D eigenvalue weighted by atomic mass is 32.2. The molecule has 1 aromatic rings. The minimum atomic E-state index is -3.94. The predicted molar refractivity (Wildman–Crippen MR) is 107 cm³/mol. The first-order valence-electron chi connectivity index (χ1n) is 9.59. The van der Waals surface area contributed by atoms with Gasteiger partial charge in [0.2, 0.25) is 10.0 Å². The van der Waals surface area contributed by atoms with Gasteiger partial charge in [-0.15, -0.1) is 0 Å². The molecule has 2 unspecified atom stereocenters. The molecule has 0 spiro atoms. The molecule has 3 rings (SSSR count). The van der Waals surface area contributed by atoms with E-state index in [0.29, 0.717) is 18.4 Å². The van der Waals surface area contributed by atoms with Crippen molar-refractivity contribution in [3.8, 4) is 0 Å². The van der Waals surface area contributed by atoms with Crippen LogP contribution in [0, 0.1) is 16.7 Å². The Hall–Kier alpha value is -2.15. The number of carbonyl (C=O) groups is 2. The number of hydrogen-bond acceptors (Lipinski definition) is 5. The summed E-state index contributed by atoms with van der Waals surface area (Å²) in [5.41, 5.74) is -0.742. The first-order chi connectivity index (χ1) is 13.1. The molecule has 2 saturated carbocycles. The summed E-state index contributed by atoms with van der Waals surface area (Å²) in [6.07, 6.45) is 3.32. The molecule has 0 aliphatic heterocycles. The maximum absolute atomic E-state index is 13.0. The molecule has 152 valence electrons. The van der Waals surface area contributed by atoms with Crippen molar-refractivity contribution in [2.75, 3.05) is 12.4 Å². The Balaban J connectivity index is 1.89. The highest BCUT2D eigenvalue weighted by molar-refractivity contribution is 7.89. The number of fused-ring (bicyclic) bond motifs is 2. The second-order valence-electron chi connectivity index (χ2n) is 8.22. The predicted octanol–water partition coefficient (Wildman–Crippen LogP) is 2.91. The summed E-state index contributed by atoms with van der Waals surface area (Å²) in [7, 11) is -3.94. The summed E-state index contributed by atoms with van der Waals surface area (Å²) in [6, 6.07) is 8.94. The quantitative estimate of drug-likeness (QED) is 0.556. The Morgan fingerprint density at radius 1 is 1.29 bits per heavy atom. The largest absolute Gasteiger partial charge is 0.461 e. The van der Waals surface area contributed by atoms with Gasteiger partial charge >= 0.3 is 5.97 Å². The number of sulfonamides is 1. The number of esters is 1. The zero-order valence-corrected chi connectivity index (χ0v) is 17.3. The van der Waals surface area contributed by atoms with Gasteiger partial charge in [0, 0.05) is 6.42 Å². The maximum Gasteiger partial charge on any atom is 0.355 e. The highest BCUT2D eigenvalue weighted by Crippen LogP contribution is 2.64. The molecule has 28 heavy (non-hydrogen) atoms. The van der Waals surface area contributed by atoms with Crippen LogP contribution in [0.3, 0.4) is 0 Å². The lowest BCUT2D eigenvalue weighted by atomic mass is 9.70. The monoisotopic (exact) mass is 405 g/mol. The van der Waals surface area contributed by atoms with E-state index in [-0.39, 0.29) is 35.2 Å². The molecule has 0 aromatic heterocycles. The Labute approximate surface area is 166 Å². The van der Waals surface area contributed by atoms with E-state index in [2.05, 4.69) is 4.72 Å². The van der Waals surface area contributed by atoms with Gasteiger partial charge in [-0.25, -0.2) is 13.2 Å². The summed E-state index contributed by atoms with van der Waals surface area (Å²) < 4.78 is 33.4. The van der Waals surface area contributed by atoms with Crippen LogP contribution in [-0.4, -0.2) is 32.5 Å². The molecule has 2 bridgehead atoms. The first kappa shape index (κ1) is 20.6. The third-order valence-corrected chi connectivity index (χ3v) is 7.85. The molecule has 2 atom stereocenters. The van der Waals surface area contributed by atoms with Crippen molar-refractivity contribution in [2.24, 2.45) is 16.7 Å². The number of carbonyl (C=O) groups excluding carboxylic acids is 2. The lowest BCUT2D eigenvalue weighted by Gasteiger charge is -2.36. The van der Waals surface area contributed by atoms with Crippen LogP contribution in [-0.2, 0) is 24.3 Å². The minimum absolute atomic E-state index is 0.0175. The SMILES string of the molecule is CCOC(=O)/C(=C/c1ccccc1)NS(=O)(=O)CC12CCC(CC1=O)C2(C)C. The Bertz CT molecular complexity index is 904. The molecule has 0 amide bonds. The van der Waals surface area contributed by atoms with Crippen molar-refractivity contribution in [1.29, 1.82) is 0 Å². The minimum Gasteiger partial charge on any atom is -0.461 e. The number of nitrogens with one attached hydrogen (secondary N) is 1. The summed E-state index contributed by atoms with van der Waals surface area (Å²) in [4.78, 5) is 25.0. The fourth-order valence-corrected chi connectivity index (χ4v) is 6.57. The molecule has 1 N–H and O–H groups in total. The molecular formula is C21H27NO5S. The van der Waals surface area contributed by atoms with E-state index < -0.39 is 21.4 Å². The normalized spacial score (nSPS) is 26.3. The van der Waals surface area contributed by atoms with Crippen molar-refractivity contribution in [3.05, 3.63) is 41.6 Å². The van der Waals surface area contributed by atoms with E-state index in [0.717, 1.165) is 6.42 Å². The van der Waals surface area contributed by atoms with Crippen molar-refractivity contribution < 1.29 is 22.7 Å². The number of rotatable bonds is 7. The van der Waals surface area contributed by atoms with Crippen LogP contribution in [0.25, 0.3) is 6.08 Å². The van der Waals surface area contributed by atoms with E-state index in [1.807, 2.05) is 19.9 Å². The van der Waals surface area contributed by atoms with E-state index in [4.69, 9.17) is 4.74 Å². The number of benzene rings is 1. The van der Waals surface area contributed by atoms with Crippen molar-refractivity contribution >= 4 is 27.9 Å². The van der Waals surface area contributed by atoms with Crippen LogP contribution in [0.2, 0.25) is 0 Å². The molecule has 1 aromatic carbocycles. The van der Waals surface area contributed by atoms with Gasteiger partial charge in [-0.05, 0) is 42.7 Å². The number of Topliss-reactive ketones (excluding diaryl/α,β-unsaturated/α-hetero) is 1. The van der Waals surface area contributed by atoms with Crippen molar-refractivity contribution in [1.82, 2.24) is 4.72 Å². The molecule has 6 nitrogen and oxygen atoms in total. The highest BCUT2D eigenvalue weighted by Gasteiger charge is 2.65. The van der Waals surface area contributed by atoms with Gasteiger partial charge in [0.15, 0.2) is 0 Å². The zero-order valence-electron chi connectivity index (χ0n) is 16.5. The van der Waals surface area contributed by atoms with Gasteiger partial charge < -0.3 is 4.74 Å². The average molecular weight is 406 g/mol. The first-order valence-corrected chi connectivity index (χ1v) is 11.2. The van der Waals surface area contributed by atoms with Gasteiger partial charge in [0.05, 0.1) is 17.8 Å². The summed E-state index contributed by atoms with van der Waals surface area (Å²) >= 11 is 0. The molecule has 0 heterocycles. The molecular weight excluding hydrogens is 378 g/mol. The fourth-order valence-electron chi connectivity index (χ4n) is 4.69. The fraction of sp³-hybridized carbons (Fsp3) is 0.524. The Morgan fingerprint density at radius 2 is 1.96 bits per heavy atom. The van der Waals surface area contributed by atoms with E-state index in [1.54, 1.807) is 31.2 Å². The molecule has 7 heteroatoms. The second-order valence-corrected chi connectivity index (χ2v) is 9.94. The lowest BCUT2D eigenvalue weighted by Crippen LogP contribution is -2.45. The van der Waals surface area contributed by atoms with Crippen molar-refractivity contribution in [3.63, 3.8) is 0 Å². The van der Waals surface area contributed by atoms with Crippen LogP contribution in [0.4, 0.5) is 0 Å². The number of hydrogen-bond donors (Lipinski definition) is 1. The molecule has 0 radical (unpaired) electrons. The summed E-state index contributed by atoms with van der Waals surface area (Å²) in [5.74, 6) is -0.814. The zero-order chi connectivity index (χ0) is 20.6. The second kappa shape index (κ2) is 7.35. The number of ketones is 1. The summed E-state index contributed by atoms with van der Waals surface area (Å²) in [6.45, 7) is 5.75. The Kier molecular flexibility index (Phi) is 5.40. The van der Waals surface area contributed by atoms with Crippen molar-refractivity contribution in [2.45, 2.75) is 40.0 Å². The number of ether oxygens (including phenoxy) is 1. The molecule has 2 aliphatic carbocycles. The third-order valence-electron chi connectivity index (χ3n) is 6.45. The summed E-state index contributed by atoms with van der Waals surface area (Å²) in [5, 5.41) is 0. The smallest absolute Gasteiger partial charge is 0.355 e. The van der Waals surface area contributed by atoms with Crippen LogP contribution in [0.5, 0.6) is 0 Å². The van der Waals surface area contributed by atoms with Gasteiger partial charge in [-0.1, -0.05) is 44.2 Å². The van der Waals surface area contributed by atoms with Gasteiger partial charge in [-0.2, -0.15) is 0 Å². The van der Waals surface area contributed by atoms with E-state index in [1.165, 1.54) is 6.08 Å². The molecule has 0 saturated heterocycles. The third kappa shape index (κ3) is 3.60. The topological polar surface area (TPSA) is 89.5 Å². The van der Waals surface area contributed by atoms with Gasteiger partial charge in [0.25, 0.3) is 0 Å². The van der Waals surface area contributed by atoms with Crippen LogP contribution in [0.15, 0.2) is 36.0 Å². The average Bonchev–Trinajstić information content (AvgIpc) is 2.96. The van der Waals surface area contributed by atoms with Crippen LogP contribution in [0.1, 0.15) is 45.6 Å². The van der Waals surface area contributed by atoms with E-state index in [9.17, 15) is 18.0 Å². The Morgan fingerprint density at radius 3 is 2.50 bits per heavy atom.